The van der Waals surface area contributed by atoms with Gasteiger partial charge >= 0.3 is 0 Å². The zero-order valence-corrected chi connectivity index (χ0v) is 8.38. The zero-order valence-electron chi connectivity index (χ0n) is 8.38. The zero-order chi connectivity index (χ0) is 9.42. The first-order chi connectivity index (χ1) is 6.22. The minimum atomic E-state index is 0.752. The SMILES string of the molecule is Cc1ccc([C@H]2C[C@H]2CN)cc1C. The summed E-state index contributed by atoms with van der Waals surface area (Å²) in [4.78, 5) is 0. The maximum Gasteiger partial charge on any atom is -0.00428 e. The van der Waals surface area contributed by atoms with Crippen molar-refractivity contribution in [2.75, 3.05) is 6.54 Å². The van der Waals surface area contributed by atoms with Gasteiger partial charge in [-0.3, -0.25) is 0 Å². The molecule has 1 aromatic carbocycles. The molecule has 0 aliphatic heterocycles. The van der Waals surface area contributed by atoms with Crippen molar-refractivity contribution in [3.8, 4) is 0 Å². The van der Waals surface area contributed by atoms with Gasteiger partial charge in [0.15, 0.2) is 0 Å². The van der Waals surface area contributed by atoms with E-state index in [-0.39, 0.29) is 0 Å². The van der Waals surface area contributed by atoms with Crippen molar-refractivity contribution in [2.45, 2.75) is 26.2 Å². The van der Waals surface area contributed by atoms with Gasteiger partial charge in [-0.25, -0.2) is 0 Å². The molecule has 70 valence electrons. The number of rotatable bonds is 2. The lowest BCUT2D eigenvalue weighted by Gasteiger charge is -2.03. The van der Waals surface area contributed by atoms with Crippen molar-refractivity contribution in [3.05, 3.63) is 34.9 Å². The molecular weight excluding hydrogens is 158 g/mol. The van der Waals surface area contributed by atoms with E-state index in [4.69, 9.17) is 5.73 Å². The Balaban J connectivity index is 2.19. The first kappa shape index (κ1) is 8.76. The Morgan fingerprint density at radius 3 is 2.62 bits per heavy atom. The largest absolute Gasteiger partial charge is 0.330 e. The van der Waals surface area contributed by atoms with Crippen LogP contribution in [0.5, 0.6) is 0 Å². The van der Waals surface area contributed by atoms with Crippen LogP contribution >= 0.6 is 0 Å². The maximum absolute atomic E-state index is 5.63. The lowest BCUT2D eigenvalue weighted by atomic mass is 10.0. The first-order valence-electron chi connectivity index (χ1n) is 4.99. The molecule has 0 bridgehead atoms. The van der Waals surface area contributed by atoms with Gasteiger partial charge in [-0.05, 0) is 55.3 Å². The van der Waals surface area contributed by atoms with Crippen molar-refractivity contribution >= 4 is 0 Å². The predicted octanol–water partition coefficient (Wildman–Crippen LogP) is 2.37. The monoisotopic (exact) mass is 175 g/mol. The molecule has 1 aliphatic rings. The van der Waals surface area contributed by atoms with E-state index in [0.717, 1.165) is 18.4 Å². The molecule has 1 heteroatoms. The van der Waals surface area contributed by atoms with Crippen LogP contribution < -0.4 is 5.73 Å². The molecule has 0 saturated heterocycles. The lowest BCUT2D eigenvalue weighted by Crippen LogP contribution is -2.02. The second kappa shape index (κ2) is 3.15. The maximum atomic E-state index is 5.63. The van der Waals surface area contributed by atoms with Crippen LogP contribution in [0.1, 0.15) is 29.0 Å². The van der Waals surface area contributed by atoms with Gasteiger partial charge in [0.2, 0.25) is 0 Å². The highest BCUT2D eigenvalue weighted by atomic mass is 14.6. The first-order valence-corrected chi connectivity index (χ1v) is 4.99. The number of hydrogen-bond acceptors (Lipinski definition) is 1. The average molecular weight is 175 g/mol. The lowest BCUT2D eigenvalue weighted by molar-refractivity contribution is 0.809. The highest BCUT2D eigenvalue weighted by Gasteiger charge is 2.36. The predicted molar refractivity (Wildman–Crippen MR) is 55.8 cm³/mol. The molecule has 1 aromatic rings. The van der Waals surface area contributed by atoms with E-state index in [2.05, 4.69) is 32.0 Å². The summed E-state index contributed by atoms with van der Waals surface area (Å²) in [7, 11) is 0. The summed E-state index contributed by atoms with van der Waals surface area (Å²) in [5.41, 5.74) is 9.90. The molecule has 0 spiro atoms. The molecule has 0 aromatic heterocycles. The third kappa shape index (κ3) is 1.61. The average Bonchev–Trinajstić information content (AvgIpc) is 2.88. The summed E-state index contributed by atoms with van der Waals surface area (Å²) in [5.74, 6) is 1.51. The highest BCUT2D eigenvalue weighted by Crippen LogP contribution is 2.46. The topological polar surface area (TPSA) is 26.0 Å². The van der Waals surface area contributed by atoms with Crippen molar-refractivity contribution < 1.29 is 0 Å². The van der Waals surface area contributed by atoms with Crippen LogP contribution in [0.25, 0.3) is 0 Å². The third-order valence-corrected chi connectivity index (χ3v) is 3.18. The molecule has 1 saturated carbocycles. The molecular formula is C12H17N. The summed E-state index contributed by atoms with van der Waals surface area (Å²) in [5, 5.41) is 0. The number of nitrogens with two attached hydrogens (primary N) is 1. The smallest absolute Gasteiger partial charge is 0.00428 e. The van der Waals surface area contributed by atoms with E-state index in [1.54, 1.807) is 0 Å². The van der Waals surface area contributed by atoms with Crippen LogP contribution in [-0.2, 0) is 0 Å². The van der Waals surface area contributed by atoms with Gasteiger partial charge in [-0.1, -0.05) is 18.2 Å². The standard InChI is InChI=1S/C12H17N/c1-8-3-4-10(5-9(8)2)12-6-11(12)7-13/h3-5,11-12H,6-7,13H2,1-2H3/t11-,12+/m0/s1. The minimum Gasteiger partial charge on any atom is -0.330 e. The molecule has 1 nitrogen and oxygen atoms in total. The summed E-state index contributed by atoms with van der Waals surface area (Å²) in [6.07, 6.45) is 1.29. The van der Waals surface area contributed by atoms with E-state index in [0.29, 0.717) is 0 Å². The number of hydrogen-bond donors (Lipinski definition) is 1. The van der Waals surface area contributed by atoms with E-state index in [9.17, 15) is 0 Å². The molecule has 1 aliphatic carbocycles. The van der Waals surface area contributed by atoms with Crippen molar-refractivity contribution in [2.24, 2.45) is 11.7 Å². The minimum absolute atomic E-state index is 0.752. The fourth-order valence-electron chi connectivity index (χ4n) is 1.91. The summed E-state index contributed by atoms with van der Waals surface area (Å²) < 4.78 is 0. The van der Waals surface area contributed by atoms with E-state index >= 15 is 0 Å². The number of benzene rings is 1. The van der Waals surface area contributed by atoms with E-state index in [1.807, 2.05) is 0 Å². The molecule has 13 heavy (non-hydrogen) atoms. The van der Waals surface area contributed by atoms with Gasteiger partial charge in [0, 0.05) is 0 Å². The molecule has 2 N–H and O–H groups in total. The van der Waals surface area contributed by atoms with Gasteiger partial charge in [-0.2, -0.15) is 0 Å². The van der Waals surface area contributed by atoms with Gasteiger partial charge in [-0.15, -0.1) is 0 Å². The molecule has 0 heterocycles. The van der Waals surface area contributed by atoms with Crippen LogP contribution in [0.4, 0.5) is 0 Å². The molecule has 0 amide bonds. The number of aryl methyl sites for hydroxylation is 2. The molecule has 0 radical (unpaired) electrons. The van der Waals surface area contributed by atoms with E-state index < -0.39 is 0 Å². The van der Waals surface area contributed by atoms with Crippen molar-refractivity contribution in [1.82, 2.24) is 0 Å². The molecule has 1 fully saturated rings. The van der Waals surface area contributed by atoms with Crippen LogP contribution in [0.15, 0.2) is 18.2 Å². The van der Waals surface area contributed by atoms with Gasteiger partial charge in [0.05, 0.1) is 0 Å². The second-order valence-electron chi connectivity index (χ2n) is 4.18. The fourth-order valence-corrected chi connectivity index (χ4v) is 1.91. The Morgan fingerprint density at radius 1 is 1.31 bits per heavy atom. The van der Waals surface area contributed by atoms with Crippen LogP contribution in [0.3, 0.4) is 0 Å². The third-order valence-electron chi connectivity index (χ3n) is 3.18. The van der Waals surface area contributed by atoms with E-state index in [1.165, 1.54) is 23.1 Å². The summed E-state index contributed by atoms with van der Waals surface area (Å²) in [6.45, 7) is 5.18. The summed E-state index contributed by atoms with van der Waals surface area (Å²) >= 11 is 0. The quantitative estimate of drug-likeness (QED) is 0.733. The van der Waals surface area contributed by atoms with Crippen LogP contribution in [-0.4, -0.2) is 6.54 Å². The molecule has 2 rings (SSSR count). The fraction of sp³-hybridized carbons (Fsp3) is 0.500. The Kier molecular flexibility index (Phi) is 2.12. The Bertz CT molecular complexity index is 317. The van der Waals surface area contributed by atoms with Crippen LogP contribution in [0, 0.1) is 19.8 Å². The second-order valence-corrected chi connectivity index (χ2v) is 4.18. The Labute approximate surface area is 80.0 Å². The van der Waals surface area contributed by atoms with Gasteiger partial charge in [0.1, 0.15) is 0 Å². The Hall–Kier alpha value is -0.820. The Morgan fingerprint density at radius 2 is 2.08 bits per heavy atom. The highest BCUT2D eigenvalue weighted by molar-refractivity contribution is 5.34. The van der Waals surface area contributed by atoms with Crippen molar-refractivity contribution in [3.63, 3.8) is 0 Å². The van der Waals surface area contributed by atoms with Crippen molar-refractivity contribution in [1.29, 1.82) is 0 Å². The van der Waals surface area contributed by atoms with Gasteiger partial charge < -0.3 is 5.73 Å². The van der Waals surface area contributed by atoms with Crippen LogP contribution in [0.2, 0.25) is 0 Å². The summed E-state index contributed by atoms with van der Waals surface area (Å²) in [6, 6.07) is 6.79. The molecule has 2 atom stereocenters. The molecule has 0 unspecified atom stereocenters. The normalized spacial score (nSPS) is 26.1. The van der Waals surface area contributed by atoms with Gasteiger partial charge in [0.25, 0.3) is 0 Å².